The molecule has 1 aliphatic rings. The Morgan fingerprint density at radius 1 is 1.00 bits per heavy atom. The summed E-state index contributed by atoms with van der Waals surface area (Å²) in [6.45, 7) is 2.40. The minimum absolute atomic E-state index is 0.199. The van der Waals surface area contributed by atoms with Gasteiger partial charge in [-0.25, -0.2) is 9.79 Å². The fourth-order valence-electron chi connectivity index (χ4n) is 5.16. The summed E-state index contributed by atoms with van der Waals surface area (Å²) in [6.07, 6.45) is 3.85. The predicted molar refractivity (Wildman–Crippen MR) is 192 cm³/mol. The lowest BCUT2D eigenvalue weighted by Gasteiger charge is -2.26. The highest BCUT2D eigenvalue weighted by Gasteiger charge is 2.35. The molecule has 1 aromatic heterocycles. The van der Waals surface area contributed by atoms with Crippen molar-refractivity contribution in [2.75, 3.05) is 12.9 Å². The summed E-state index contributed by atoms with van der Waals surface area (Å²) < 4.78 is 15.5. The zero-order chi connectivity index (χ0) is 32.2. The maximum absolute atomic E-state index is 14.2. The highest BCUT2D eigenvalue weighted by atomic mass is 79.9. The quantitative estimate of drug-likeness (QED) is 0.113. The van der Waals surface area contributed by atoms with Crippen LogP contribution in [0.25, 0.3) is 11.8 Å². The van der Waals surface area contributed by atoms with Gasteiger partial charge in [-0.3, -0.25) is 9.36 Å². The van der Waals surface area contributed by atoms with Gasteiger partial charge in [0.15, 0.2) is 4.80 Å². The van der Waals surface area contributed by atoms with Crippen molar-refractivity contribution in [1.29, 1.82) is 0 Å². The van der Waals surface area contributed by atoms with E-state index in [4.69, 9.17) is 14.5 Å². The second-order valence-corrected chi connectivity index (χ2v) is 14.0. The summed E-state index contributed by atoms with van der Waals surface area (Å²) in [5.74, 6) is 0.197. The Kier molecular flexibility index (Phi) is 10.1. The molecule has 232 valence electrons. The summed E-state index contributed by atoms with van der Waals surface area (Å²) in [5.41, 5.74) is 4.04. The summed E-state index contributed by atoms with van der Waals surface area (Å²) in [5, 5.41) is 0. The van der Waals surface area contributed by atoms with Crippen LogP contribution in [0, 0.1) is 0 Å². The maximum Gasteiger partial charge on any atom is 0.338 e. The van der Waals surface area contributed by atoms with Gasteiger partial charge in [-0.05, 0) is 88.3 Å². The normalized spacial score (nSPS) is 14.5. The first kappa shape index (κ1) is 32.2. The second kappa shape index (κ2) is 14.4. The van der Waals surface area contributed by atoms with Gasteiger partial charge < -0.3 is 9.47 Å². The molecule has 0 fully saturated rings. The molecular weight excluding hydrogens is 748 g/mol. The van der Waals surface area contributed by atoms with Crippen molar-refractivity contribution >= 4 is 72.7 Å². The highest BCUT2D eigenvalue weighted by molar-refractivity contribution is 9.10. The van der Waals surface area contributed by atoms with Crippen LogP contribution in [0.2, 0.25) is 0 Å². The third kappa shape index (κ3) is 6.85. The van der Waals surface area contributed by atoms with Gasteiger partial charge in [0.25, 0.3) is 5.56 Å². The van der Waals surface area contributed by atoms with Gasteiger partial charge in [0.1, 0.15) is 12.4 Å². The van der Waals surface area contributed by atoms with Gasteiger partial charge in [-0.15, -0.1) is 11.8 Å². The number of fused-ring (bicyclic) bond motifs is 1. The second-order valence-electron chi connectivity index (χ2n) is 10.3. The van der Waals surface area contributed by atoms with Crippen LogP contribution < -0.4 is 19.6 Å². The number of carbonyl (C=O) groups excluding carboxylic acids is 1. The van der Waals surface area contributed by atoms with E-state index in [1.54, 1.807) is 23.3 Å². The molecule has 6 nitrogen and oxygen atoms in total. The number of thiazole rings is 1. The smallest absolute Gasteiger partial charge is 0.338 e. The average Bonchev–Trinajstić information content (AvgIpc) is 3.38. The van der Waals surface area contributed by atoms with Crippen LogP contribution in [0.4, 0.5) is 0 Å². The van der Waals surface area contributed by atoms with Gasteiger partial charge in [-0.2, -0.15) is 0 Å². The van der Waals surface area contributed by atoms with Gasteiger partial charge in [0.05, 0.1) is 32.9 Å². The van der Waals surface area contributed by atoms with Crippen LogP contribution in [0.5, 0.6) is 5.75 Å². The van der Waals surface area contributed by atoms with Gasteiger partial charge in [0.2, 0.25) is 0 Å². The Morgan fingerprint density at radius 3 is 2.41 bits per heavy atom. The van der Waals surface area contributed by atoms with Crippen molar-refractivity contribution in [3.05, 3.63) is 154 Å². The number of thioether (sulfide) groups is 1. The van der Waals surface area contributed by atoms with Crippen LogP contribution >= 0.6 is 55.0 Å². The van der Waals surface area contributed by atoms with Crippen LogP contribution in [0.1, 0.15) is 35.2 Å². The van der Waals surface area contributed by atoms with E-state index in [-0.39, 0.29) is 12.2 Å². The van der Waals surface area contributed by atoms with E-state index in [1.165, 1.54) is 11.3 Å². The summed E-state index contributed by atoms with van der Waals surface area (Å²) in [6, 6.07) is 30.5. The van der Waals surface area contributed by atoms with Crippen LogP contribution in [-0.4, -0.2) is 23.4 Å². The lowest BCUT2D eigenvalue weighted by atomic mass is 9.93. The first-order valence-corrected chi connectivity index (χ1v) is 18.1. The molecule has 0 radical (unpaired) electrons. The molecule has 46 heavy (non-hydrogen) atoms. The molecule has 0 unspecified atom stereocenters. The number of hydrogen-bond acceptors (Lipinski definition) is 7. The van der Waals surface area contributed by atoms with Crippen molar-refractivity contribution in [1.82, 2.24) is 4.57 Å². The van der Waals surface area contributed by atoms with Crippen molar-refractivity contribution in [2.45, 2.75) is 24.5 Å². The van der Waals surface area contributed by atoms with Crippen LogP contribution in [0.15, 0.2) is 126 Å². The Hall–Kier alpha value is -3.70. The molecule has 10 heteroatoms. The Balaban J connectivity index is 1.45. The molecule has 1 aliphatic heterocycles. The Labute approximate surface area is 291 Å². The van der Waals surface area contributed by atoms with E-state index in [0.29, 0.717) is 33.0 Å². The van der Waals surface area contributed by atoms with Crippen molar-refractivity contribution in [3.8, 4) is 5.75 Å². The molecule has 0 saturated carbocycles. The van der Waals surface area contributed by atoms with E-state index in [1.807, 2.05) is 109 Å². The van der Waals surface area contributed by atoms with Gasteiger partial charge >= 0.3 is 5.97 Å². The molecule has 0 bridgehead atoms. The minimum atomic E-state index is -0.718. The maximum atomic E-state index is 14.2. The number of hydrogen-bond donors (Lipinski definition) is 0. The van der Waals surface area contributed by atoms with E-state index in [9.17, 15) is 9.59 Å². The first-order chi connectivity index (χ1) is 22.4. The third-order valence-electron chi connectivity index (χ3n) is 7.37. The zero-order valence-electron chi connectivity index (χ0n) is 24.9. The summed E-state index contributed by atoms with van der Waals surface area (Å²) in [4.78, 5) is 34.4. The molecule has 2 heterocycles. The molecule has 0 saturated heterocycles. The molecular formula is C36H28Br2N2O4S2. The van der Waals surface area contributed by atoms with E-state index in [0.717, 1.165) is 36.1 Å². The lowest BCUT2D eigenvalue weighted by molar-refractivity contribution is -0.138. The molecule has 5 aromatic rings. The number of aromatic nitrogens is 1. The first-order valence-electron chi connectivity index (χ1n) is 14.5. The molecule has 0 aliphatic carbocycles. The predicted octanol–water partition coefficient (Wildman–Crippen LogP) is 7.76. The molecule has 4 aromatic carbocycles. The SMILES string of the molecule is CCOC(=O)C1=C(c2ccccc2)N=c2s/c(=C\c3ccc(OCc4ccc(Br)cc4)c(Br)c3)c(=O)n2[C@@H]1c1ccc(SC)cc1. The highest BCUT2D eigenvalue weighted by Crippen LogP contribution is 2.36. The molecule has 0 amide bonds. The monoisotopic (exact) mass is 774 g/mol. The third-order valence-corrected chi connectivity index (χ3v) is 10.2. The van der Waals surface area contributed by atoms with Crippen LogP contribution in [-0.2, 0) is 16.1 Å². The fourth-order valence-corrected chi connectivity index (χ4v) is 7.34. The van der Waals surface area contributed by atoms with Gasteiger partial charge in [-0.1, -0.05) is 87.9 Å². The number of nitrogens with zero attached hydrogens (tertiary/aromatic N) is 2. The number of ether oxygens (including phenoxy) is 2. The zero-order valence-corrected chi connectivity index (χ0v) is 29.7. The standard InChI is InChI=1S/C36H28Br2N2O4S2/c1-3-43-35(42)31-32(24-7-5-4-6-8-24)39-36-40(33(31)25-12-16-27(45-2)17-13-25)34(41)30(46-36)20-23-11-18-29(28(38)19-23)44-21-22-9-14-26(37)15-10-22/h4-20,33H,3,21H2,1-2H3/b30-20-/t33-/m1/s1. The number of benzene rings is 4. The topological polar surface area (TPSA) is 69.9 Å². The number of rotatable bonds is 9. The molecule has 6 rings (SSSR count). The largest absolute Gasteiger partial charge is 0.488 e. The van der Waals surface area contributed by atoms with Crippen molar-refractivity contribution in [2.24, 2.45) is 4.99 Å². The van der Waals surface area contributed by atoms with Crippen LogP contribution in [0.3, 0.4) is 0 Å². The number of esters is 1. The summed E-state index contributed by atoms with van der Waals surface area (Å²) >= 11 is 10.0. The minimum Gasteiger partial charge on any atom is -0.488 e. The molecule has 0 spiro atoms. The number of halogens is 2. The van der Waals surface area contributed by atoms with Crippen molar-refractivity contribution in [3.63, 3.8) is 0 Å². The lowest BCUT2D eigenvalue weighted by Crippen LogP contribution is -2.40. The summed E-state index contributed by atoms with van der Waals surface area (Å²) in [7, 11) is 0. The van der Waals surface area contributed by atoms with E-state index in [2.05, 4.69) is 31.9 Å². The van der Waals surface area contributed by atoms with E-state index >= 15 is 0 Å². The molecule has 1 atom stereocenters. The van der Waals surface area contributed by atoms with Crippen molar-refractivity contribution < 1.29 is 14.3 Å². The van der Waals surface area contributed by atoms with E-state index < -0.39 is 12.0 Å². The molecule has 0 N–H and O–H groups in total. The Bertz CT molecular complexity index is 2110. The number of carbonyl (C=O) groups is 1. The Morgan fingerprint density at radius 2 is 1.74 bits per heavy atom. The fraction of sp³-hybridized carbons (Fsp3) is 0.139. The van der Waals surface area contributed by atoms with Gasteiger partial charge in [0, 0.05) is 14.9 Å². The average molecular weight is 777 g/mol.